The van der Waals surface area contributed by atoms with E-state index in [9.17, 15) is 9.90 Å². The molecule has 1 heterocycles. The average Bonchev–Trinajstić information content (AvgIpc) is 2.70. The topological polar surface area (TPSA) is 66.6 Å². The highest BCUT2D eigenvalue weighted by Gasteiger charge is 2.28. The van der Waals surface area contributed by atoms with Gasteiger partial charge in [0.1, 0.15) is 11.5 Å². The highest BCUT2D eigenvalue weighted by molar-refractivity contribution is 5.81. The molecule has 3 N–H and O–H groups in total. The number of hydrogen-bond donors (Lipinski definition) is 2. The summed E-state index contributed by atoms with van der Waals surface area (Å²) >= 11 is 0. The lowest BCUT2D eigenvalue weighted by Crippen LogP contribution is -2.34. The zero-order chi connectivity index (χ0) is 12.4. The standard InChI is InChI=1S/C13H18N2O2/c1-9(16)13-3-2-6-15(13)8-10-4-5-11(17)7-12(10)14/h4-5,7,13,17H,2-3,6,8,14H2,1H3. The van der Waals surface area contributed by atoms with Crippen LogP contribution in [0.2, 0.25) is 0 Å². The quantitative estimate of drug-likeness (QED) is 0.778. The van der Waals surface area contributed by atoms with E-state index in [4.69, 9.17) is 5.73 Å². The normalized spacial score (nSPS) is 20.6. The van der Waals surface area contributed by atoms with Crippen LogP contribution in [-0.2, 0) is 11.3 Å². The van der Waals surface area contributed by atoms with Crippen molar-refractivity contribution in [2.45, 2.75) is 32.4 Å². The number of anilines is 1. The zero-order valence-electron chi connectivity index (χ0n) is 10.0. The Bertz CT molecular complexity index is 431. The summed E-state index contributed by atoms with van der Waals surface area (Å²) in [5, 5.41) is 9.29. The predicted molar refractivity (Wildman–Crippen MR) is 66.6 cm³/mol. The molecular weight excluding hydrogens is 216 g/mol. The summed E-state index contributed by atoms with van der Waals surface area (Å²) in [5.41, 5.74) is 7.40. The summed E-state index contributed by atoms with van der Waals surface area (Å²) in [7, 11) is 0. The number of likely N-dealkylation sites (tertiary alicyclic amines) is 1. The number of aromatic hydroxyl groups is 1. The van der Waals surface area contributed by atoms with E-state index in [1.807, 2.05) is 6.07 Å². The van der Waals surface area contributed by atoms with Crippen LogP contribution in [0.25, 0.3) is 0 Å². The van der Waals surface area contributed by atoms with Crippen molar-refractivity contribution < 1.29 is 9.90 Å². The molecule has 1 aliphatic heterocycles. The minimum absolute atomic E-state index is 0.0307. The summed E-state index contributed by atoms with van der Waals surface area (Å²) in [5.74, 6) is 0.399. The lowest BCUT2D eigenvalue weighted by molar-refractivity contribution is -0.121. The molecule has 0 saturated carbocycles. The lowest BCUT2D eigenvalue weighted by atomic mass is 10.1. The Hall–Kier alpha value is -1.55. The van der Waals surface area contributed by atoms with Crippen LogP contribution < -0.4 is 5.73 Å². The second-order valence-corrected chi connectivity index (χ2v) is 4.62. The van der Waals surface area contributed by atoms with Gasteiger partial charge in [0.15, 0.2) is 0 Å². The number of phenolic OH excluding ortho intramolecular Hbond substituents is 1. The Morgan fingerprint density at radius 2 is 2.35 bits per heavy atom. The molecule has 4 nitrogen and oxygen atoms in total. The maximum atomic E-state index is 11.5. The zero-order valence-corrected chi connectivity index (χ0v) is 10.0. The van der Waals surface area contributed by atoms with Gasteiger partial charge in [0.05, 0.1) is 6.04 Å². The Kier molecular flexibility index (Phi) is 3.33. The molecule has 0 spiro atoms. The second kappa shape index (κ2) is 4.75. The van der Waals surface area contributed by atoms with E-state index >= 15 is 0 Å². The van der Waals surface area contributed by atoms with Gasteiger partial charge in [-0.05, 0) is 37.9 Å². The first-order chi connectivity index (χ1) is 8.08. The van der Waals surface area contributed by atoms with Crippen LogP contribution in [0.1, 0.15) is 25.3 Å². The molecule has 92 valence electrons. The smallest absolute Gasteiger partial charge is 0.146 e. The molecule has 0 bridgehead atoms. The van der Waals surface area contributed by atoms with Crippen molar-refractivity contribution in [2.75, 3.05) is 12.3 Å². The van der Waals surface area contributed by atoms with Crippen LogP contribution in [0.5, 0.6) is 5.75 Å². The number of rotatable bonds is 3. The number of Topliss-reactive ketones (excluding diaryl/α,β-unsaturated/α-hetero) is 1. The van der Waals surface area contributed by atoms with Gasteiger partial charge in [0.25, 0.3) is 0 Å². The minimum atomic E-state index is 0.0307. The van der Waals surface area contributed by atoms with Crippen molar-refractivity contribution in [1.82, 2.24) is 4.90 Å². The van der Waals surface area contributed by atoms with Crippen LogP contribution >= 0.6 is 0 Å². The lowest BCUT2D eigenvalue weighted by Gasteiger charge is -2.22. The highest BCUT2D eigenvalue weighted by Crippen LogP contribution is 2.25. The van der Waals surface area contributed by atoms with Crippen molar-refractivity contribution in [3.8, 4) is 5.75 Å². The SMILES string of the molecule is CC(=O)C1CCCN1Cc1ccc(O)cc1N. The van der Waals surface area contributed by atoms with Gasteiger partial charge in [-0.15, -0.1) is 0 Å². The monoisotopic (exact) mass is 234 g/mol. The number of nitrogen functional groups attached to an aromatic ring is 1. The van der Waals surface area contributed by atoms with Crippen molar-refractivity contribution in [3.63, 3.8) is 0 Å². The van der Waals surface area contributed by atoms with Crippen LogP contribution in [-0.4, -0.2) is 28.4 Å². The minimum Gasteiger partial charge on any atom is -0.508 e. The number of nitrogens with zero attached hydrogens (tertiary/aromatic N) is 1. The van der Waals surface area contributed by atoms with Crippen molar-refractivity contribution in [2.24, 2.45) is 0 Å². The van der Waals surface area contributed by atoms with Crippen molar-refractivity contribution >= 4 is 11.5 Å². The van der Waals surface area contributed by atoms with Gasteiger partial charge in [0.2, 0.25) is 0 Å². The molecule has 4 heteroatoms. The molecule has 0 aromatic heterocycles. The van der Waals surface area contributed by atoms with Crippen LogP contribution in [0.15, 0.2) is 18.2 Å². The molecule has 2 rings (SSSR count). The molecular formula is C13H18N2O2. The summed E-state index contributed by atoms with van der Waals surface area (Å²) in [6.45, 7) is 3.25. The predicted octanol–water partition coefficient (Wildman–Crippen LogP) is 1.53. The van der Waals surface area contributed by atoms with Crippen LogP contribution in [0.3, 0.4) is 0 Å². The third-order valence-electron chi connectivity index (χ3n) is 3.34. The maximum absolute atomic E-state index is 11.5. The van der Waals surface area contributed by atoms with E-state index < -0.39 is 0 Å². The highest BCUT2D eigenvalue weighted by atomic mass is 16.3. The number of carbonyl (C=O) groups is 1. The summed E-state index contributed by atoms with van der Waals surface area (Å²) < 4.78 is 0. The fraction of sp³-hybridized carbons (Fsp3) is 0.462. The molecule has 1 unspecified atom stereocenters. The molecule has 17 heavy (non-hydrogen) atoms. The van der Waals surface area contributed by atoms with E-state index in [-0.39, 0.29) is 17.6 Å². The van der Waals surface area contributed by atoms with Gasteiger partial charge < -0.3 is 10.8 Å². The number of phenols is 1. The van der Waals surface area contributed by atoms with E-state index in [2.05, 4.69) is 4.90 Å². The molecule has 0 amide bonds. The molecule has 1 atom stereocenters. The van der Waals surface area contributed by atoms with Gasteiger partial charge in [-0.2, -0.15) is 0 Å². The molecule has 1 saturated heterocycles. The average molecular weight is 234 g/mol. The molecule has 0 radical (unpaired) electrons. The van der Waals surface area contributed by atoms with E-state index in [0.29, 0.717) is 12.2 Å². The summed E-state index contributed by atoms with van der Waals surface area (Å²) in [4.78, 5) is 13.6. The van der Waals surface area contributed by atoms with Crippen molar-refractivity contribution in [3.05, 3.63) is 23.8 Å². The molecule has 1 aromatic carbocycles. The molecule has 1 aromatic rings. The van der Waals surface area contributed by atoms with Crippen LogP contribution in [0.4, 0.5) is 5.69 Å². The number of nitrogens with two attached hydrogens (primary N) is 1. The van der Waals surface area contributed by atoms with E-state index in [0.717, 1.165) is 24.9 Å². The summed E-state index contributed by atoms with van der Waals surface area (Å²) in [6.07, 6.45) is 2.00. The number of ketones is 1. The third-order valence-corrected chi connectivity index (χ3v) is 3.34. The Balaban J connectivity index is 2.12. The van der Waals surface area contributed by atoms with Gasteiger partial charge in [-0.25, -0.2) is 0 Å². The van der Waals surface area contributed by atoms with Gasteiger partial charge in [-0.3, -0.25) is 9.69 Å². The molecule has 0 aliphatic carbocycles. The Morgan fingerprint density at radius 1 is 1.59 bits per heavy atom. The number of carbonyl (C=O) groups excluding carboxylic acids is 1. The van der Waals surface area contributed by atoms with Gasteiger partial charge >= 0.3 is 0 Å². The van der Waals surface area contributed by atoms with Gasteiger partial charge in [-0.1, -0.05) is 6.07 Å². The van der Waals surface area contributed by atoms with Crippen LogP contribution in [0, 0.1) is 0 Å². The first-order valence-electron chi connectivity index (χ1n) is 5.90. The Morgan fingerprint density at radius 3 is 3.00 bits per heavy atom. The summed E-state index contributed by atoms with van der Waals surface area (Å²) in [6, 6.07) is 5.03. The largest absolute Gasteiger partial charge is 0.508 e. The number of benzene rings is 1. The maximum Gasteiger partial charge on any atom is 0.146 e. The fourth-order valence-electron chi connectivity index (χ4n) is 2.42. The fourth-order valence-corrected chi connectivity index (χ4v) is 2.42. The van der Waals surface area contributed by atoms with E-state index in [1.54, 1.807) is 19.1 Å². The van der Waals surface area contributed by atoms with E-state index in [1.165, 1.54) is 0 Å². The Labute approximate surface area is 101 Å². The second-order valence-electron chi connectivity index (χ2n) is 4.62. The molecule has 1 fully saturated rings. The third kappa shape index (κ3) is 2.58. The van der Waals surface area contributed by atoms with Crippen molar-refractivity contribution in [1.29, 1.82) is 0 Å². The first-order valence-corrected chi connectivity index (χ1v) is 5.90. The molecule has 1 aliphatic rings. The van der Waals surface area contributed by atoms with Gasteiger partial charge in [0, 0.05) is 18.3 Å². The first kappa shape index (κ1) is 11.9. The number of hydrogen-bond acceptors (Lipinski definition) is 4.